The summed E-state index contributed by atoms with van der Waals surface area (Å²) in [6, 6.07) is 15.7. The third-order valence-electron chi connectivity index (χ3n) is 5.02. The monoisotopic (exact) mass is 422 g/mol. The second-order valence-electron chi connectivity index (χ2n) is 7.68. The molecule has 0 amide bonds. The molecule has 2 atom stereocenters. The Hall–Kier alpha value is -3.26. The van der Waals surface area contributed by atoms with Crippen molar-refractivity contribution >= 4 is 23.0 Å². The summed E-state index contributed by atoms with van der Waals surface area (Å²) in [5, 5.41) is 15.2. The number of nitrogens with zero attached hydrogens (tertiary/aromatic N) is 3. The first kappa shape index (κ1) is 20.0. The van der Waals surface area contributed by atoms with Gasteiger partial charge in [0.2, 0.25) is 0 Å². The van der Waals surface area contributed by atoms with E-state index in [1.807, 2.05) is 30.3 Å². The van der Waals surface area contributed by atoms with Gasteiger partial charge in [-0.25, -0.2) is 0 Å². The number of rotatable bonds is 6. The van der Waals surface area contributed by atoms with Gasteiger partial charge in [0, 0.05) is 30.4 Å². The number of pyridine rings is 1. The molecule has 3 heterocycles. The third-order valence-corrected chi connectivity index (χ3v) is 5.37. The summed E-state index contributed by atoms with van der Waals surface area (Å²) in [6.45, 7) is 5.06. The van der Waals surface area contributed by atoms with Gasteiger partial charge in [0.1, 0.15) is 17.6 Å². The largest absolute Gasteiger partial charge is 0.459 e. The first-order valence-electron chi connectivity index (χ1n) is 9.76. The van der Waals surface area contributed by atoms with Gasteiger partial charge in [0.15, 0.2) is 5.11 Å². The second-order valence-corrected chi connectivity index (χ2v) is 8.07. The highest BCUT2D eigenvalue weighted by Crippen LogP contribution is 2.40. The molecule has 1 aliphatic rings. The quantitative estimate of drug-likeness (QED) is 0.344. The Labute approximate surface area is 179 Å². The topological polar surface area (TPSA) is 84.4 Å². The normalized spacial score (nSPS) is 18.6. The van der Waals surface area contributed by atoms with Crippen molar-refractivity contribution < 1.29 is 9.34 Å². The molecule has 1 N–H and O–H groups in total. The van der Waals surface area contributed by atoms with Gasteiger partial charge in [-0.05, 0) is 42.4 Å². The van der Waals surface area contributed by atoms with Crippen LogP contribution in [-0.4, -0.2) is 26.5 Å². The van der Waals surface area contributed by atoms with E-state index in [-0.39, 0.29) is 17.8 Å². The number of hydrogen-bond acceptors (Lipinski definition) is 5. The molecule has 0 radical (unpaired) electrons. The third kappa shape index (κ3) is 3.91. The number of nitro groups is 1. The molecule has 30 heavy (non-hydrogen) atoms. The smallest absolute Gasteiger partial charge is 0.270 e. The van der Waals surface area contributed by atoms with E-state index in [2.05, 4.69) is 29.0 Å². The van der Waals surface area contributed by atoms with E-state index < -0.39 is 4.92 Å². The van der Waals surface area contributed by atoms with Crippen molar-refractivity contribution in [3.8, 4) is 11.3 Å². The molecule has 0 spiro atoms. The Morgan fingerprint density at radius 3 is 2.77 bits per heavy atom. The molecule has 1 aliphatic heterocycles. The number of hydrogen-bond donors (Lipinski definition) is 1. The van der Waals surface area contributed by atoms with Crippen LogP contribution in [-0.2, 0) is 0 Å². The van der Waals surface area contributed by atoms with Crippen molar-refractivity contribution in [2.75, 3.05) is 6.54 Å². The SMILES string of the molecule is CC(C)CN1C(=S)N[C@@H](c2ccccn2)[C@@H]1c1ccc(-c2cccc([N+](=O)[O-])c2)o1. The fraction of sp³-hybridized carbons (Fsp3) is 0.273. The average Bonchev–Trinajstić information content (AvgIpc) is 3.34. The summed E-state index contributed by atoms with van der Waals surface area (Å²) in [4.78, 5) is 17.4. The minimum Gasteiger partial charge on any atom is -0.459 e. The van der Waals surface area contributed by atoms with Crippen LogP contribution in [0.15, 0.2) is 65.2 Å². The maximum absolute atomic E-state index is 11.1. The van der Waals surface area contributed by atoms with E-state index in [1.165, 1.54) is 12.1 Å². The zero-order valence-corrected chi connectivity index (χ0v) is 17.5. The molecule has 1 saturated heterocycles. The number of benzene rings is 1. The van der Waals surface area contributed by atoms with E-state index in [9.17, 15) is 10.1 Å². The van der Waals surface area contributed by atoms with Crippen LogP contribution in [0.25, 0.3) is 11.3 Å². The van der Waals surface area contributed by atoms with Crippen LogP contribution in [0.1, 0.15) is 37.4 Å². The Kier molecular flexibility index (Phi) is 5.50. The predicted molar refractivity (Wildman–Crippen MR) is 118 cm³/mol. The summed E-state index contributed by atoms with van der Waals surface area (Å²) in [5.74, 6) is 1.72. The fourth-order valence-electron chi connectivity index (χ4n) is 3.74. The maximum Gasteiger partial charge on any atom is 0.270 e. The molecule has 1 fully saturated rings. The molecule has 8 heteroatoms. The first-order chi connectivity index (χ1) is 14.4. The highest BCUT2D eigenvalue weighted by molar-refractivity contribution is 7.80. The molecule has 154 valence electrons. The molecule has 4 rings (SSSR count). The molecule has 0 unspecified atom stereocenters. The van der Waals surface area contributed by atoms with Gasteiger partial charge in [0.05, 0.1) is 16.7 Å². The zero-order valence-electron chi connectivity index (χ0n) is 16.7. The lowest BCUT2D eigenvalue weighted by molar-refractivity contribution is -0.384. The molecule has 0 bridgehead atoms. The van der Waals surface area contributed by atoms with E-state index >= 15 is 0 Å². The number of aromatic nitrogens is 1. The Morgan fingerprint density at radius 2 is 2.07 bits per heavy atom. The second kappa shape index (κ2) is 8.23. The van der Waals surface area contributed by atoms with Gasteiger partial charge in [-0.1, -0.05) is 32.0 Å². The lowest BCUT2D eigenvalue weighted by Gasteiger charge is -2.27. The highest BCUT2D eigenvalue weighted by atomic mass is 32.1. The van der Waals surface area contributed by atoms with Crippen molar-refractivity contribution in [3.05, 3.63) is 82.4 Å². The number of furan rings is 1. The van der Waals surface area contributed by atoms with Crippen LogP contribution in [0.5, 0.6) is 0 Å². The number of thiocarbonyl (C=S) groups is 1. The molecule has 0 aliphatic carbocycles. The van der Waals surface area contributed by atoms with Crippen molar-refractivity contribution in [2.24, 2.45) is 5.92 Å². The van der Waals surface area contributed by atoms with E-state index in [4.69, 9.17) is 16.6 Å². The number of nitro benzene ring substituents is 1. The van der Waals surface area contributed by atoms with Crippen LogP contribution in [0.2, 0.25) is 0 Å². The van der Waals surface area contributed by atoms with Gasteiger partial charge < -0.3 is 14.6 Å². The standard InChI is InChI=1S/C22H22N4O3S/c1-14(2)13-25-21(20(24-22(25)30)17-8-3-4-11-23-17)19-10-9-18(29-19)15-6-5-7-16(12-15)26(27)28/h3-12,14,20-21H,13H2,1-2H3,(H,24,30)/t20-,21-/m0/s1. The molecular formula is C22H22N4O3S. The van der Waals surface area contributed by atoms with Crippen LogP contribution < -0.4 is 5.32 Å². The minimum atomic E-state index is -0.409. The van der Waals surface area contributed by atoms with Crippen LogP contribution in [0, 0.1) is 16.0 Å². The Balaban J connectivity index is 1.72. The van der Waals surface area contributed by atoms with Crippen LogP contribution in [0.4, 0.5) is 5.69 Å². The number of non-ortho nitro benzene ring substituents is 1. The Morgan fingerprint density at radius 1 is 1.23 bits per heavy atom. The van der Waals surface area contributed by atoms with Crippen molar-refractivity contribution in [1.82, 2.24) is 15.2 Å². The summed E-state index contributed by atoms with van der Waals surface area (Å²) in [5.41, 5.74) is 1.57. The summed E-state index contributed by atoms with van der Waals surface area (Å²) in [7, 11) is 0. The van der Waals surface area contributed by atoms with Gasteiger partial charge in [-0.15, -0.1) is 0 Å². The van der Waals surface area contributed by atoms with E-state index in [0.29, 0.717) is 22.4 Å². The minimum absolute atomic E-state index is 0.0296. The maximum atomic E-state index is 11.1. The molecule has 2 aromatic heterocycles. The lowest BCUT2D eigenvalue weighted by Crippen LogP contribution is -2.32. The Bertz CT molecular complexity index is 1070. The molecule has 3 aromatic rings. The lowest BCUT2D eigenvalue weighted by atomic mass is 10.0. The average molecular weight is 423 g/mol. The van der Waals surface area contributed by atoms with E-state index in [0.717, 1.165) is 18.0 Å². The van der Waals surface area contributed by atoms with Crippen molar-refractivity contribution in [3.63, 3.8) is 0 Å². The predicted octanol–water partition coefficient (Wildman–Crippen LogP) is 4.88. The van der Waals surface area contributed by atoms with Gasteiger partial charge in [0.25, 0.3) is 5.69 Å². The van der Waals surface area contributed by atoms with Gasteiger partial charge in [-0.3, -0.25) is 15.1 Å². The molecule has 7 nitrogen and oxygen atoms in total. The van der Waals surface area contributed by atoms with Crippen LogP contribution >= 0.6 is 12.2 Å². The summed E-state index contributed by atoms with van der Waals surface area (Å²) >= 11 is 5.63. The fourth-order valence-corrected chi connectivity index (χ4v) is 4.06. The van der Waals surface area contributed by atoms with Gasteiger partial charge >= 0.3 is 0 Å². The van der Waals surface area contributed by atoms with Crippen molar-refractivity contribution in [2.45, 2.75) is 25.9 Å². The molecular weight excluding hydrogens is 400 g/mol. The zero-order chi connectivity index (χ0) is 21.3. The van der Waals surface area contributed by atoms with E-state index in [1.54, 1.807) is 18.3 Å². The van der Waals surface area contributed by atoms with Crippen molar-refractivity contribution in [1.29, 1.82) is 0 Å². The number of nitrogens with one attached hydrogen (secondary N) is 1. The summed E-state index contributed by atoms with van der Waals surface area (Å²) < 4.78 is 6.21. The first-order valence-corrected chi connectivity index (χ1v) is 10.2. The molecule has 1 aromatic carbocycles. The summed E-state index contributed by atoms with van der Waals surface area (Å²) in [6.07, 6.45) is 1.76. The molecule has 0 saturated carbocycles. The van der Waals surface area contributed by atoms with Gasteiger partial charge in [-0.2, -0.15) is 0 Å². The highest BCUT2D eigenvalue weighted by Gasteiger charge is 2.41. The van der Waals surface area contributed by atoms with Crippen LogP contribution in [0.3, 0.4) is 0 Å².